The van der Waals surface area contributed by atoms with E-state index in [1.54, 1.807) is 6.08 Å². The van der Waals surface area contributed by atoms with Crippen LogP contribution in [-0.4, -0.2) is 32.9 Å². The molecule has 0 amide bonds. The maximum absolute atomic E-state index is 5.58. The van der Waals surface area contributed by atoms with Crippen molar-refractivity contribution in [2.24, 2.45) is 7.05 Å². The Bertz CT molecular complexity index is 960. The molecule has 0 atom stereocenters. The monoisotopic (exact) mass is 394 g/mol. The van der Waals surface area contributed by atoms with Crippen molar-refractivity contribution < 1.29 is 4.74 Å². The number of ether oxygens (including phenoxy) is 1. The van der Waals surface area contributed by atoms with Crippen molar-refractivity contribution in [2.45, 2.75) is 19.6 Å². The van der Waals surface area contributed by atoms with Gasteiger partial charge in [-0.1, -0.05) is 55.1 Å². The summed E-state index contributed by atoms with van der Waals surface area (Å²) in [6, 6.07) is 18.4. The summed E-state index contributed by atoms with van der Waals surface area (Å²) in [6.07, 6.45) is 2.51. The molecule has 3 aromatic rings. The van der Waals surface area contributed by atoms with Crippen LogP contribution in [0.25, 0.3) is 0 Å². The molecule has 0 saturated heterocycles. The first kappa shape index (κ1) is 20.0. The van der Waals surface area contributed by atoms with Gasteiger partial charge in [0, 0.05) is 20.0 Å². The van der Waals surface area contributed by atoms with Crippen LogP contribution in [0.1, 0.15) is 17.0 Å². The van der Waals surface area contributed by atoms with Gasteiger partial charge in [-0.05, 0) is 42.5 Å². The van der Waals surface area contributed by atoms with E-state index < -0.39 is 0 Å². The van der Waals surface area contributed by atoms with E-state index in [4.69, 9.17) is 22.1 Å². The first-order valence-corrected chi connectivity index (χ1v) is 9.65. The molecule has 6 heteroatoms. The van der Waals surface area contributed by atoms with E-state index in [1.165, 1.54) is 11.1 Å². The summed E-state index contributed by atoms with van der Waals surface area (Å²) in [4.78, 5) is 2.19. The second kappa shape index (κ2) is 9.48. The van der Waals surface area contributed by atoms with Crippen molar-refractivity contribution in [3.63, 3.8) is 0 Å². The van der Waals surface area contributed by atoms with Gasteiger partial charge in [0.2, 0.25) is 0 Å². The fourth-order valence-electron chi connectivity index (χ4n) is 2.99. The van der Waals surface area contributed by atoms with Crippen molar-refractivity contribution in [1.29, 1.82) is 0 Å². The summed E-state index contributed by atoms with van der Waals surface area (Å²) in [7, 11) is 4.04. The number of rotatable bonds is 9. The lowest BCUT2D eigenvalue weighted by Crippen LogP contribution is -2.22. The summed E-state index contributed by atoms with van der Waals surface area (Å²) in [5, 5.41) is 4.74. The minimum Gasteiger partial charge on any atom is -0.490 e. The Labute approximate surface area is 171 Å². The van der Waals surface area contributed by atoms with E-state index in [2.05, 4.69) is 42.8 Å². The van der Waals surface area contributed by atoms with Crippen LogP contribution >= 0.6 is 12.2 Å². The van der Waals surface area contributed by atoms with Crippen molar-refractivity contribution in [3.05, 3.63) is 89.0 Å². The largest absolute Gasteiger partial charge is 0.490 e. The SMILES string of the molecule is C=CCOc1ccc(CN(C)Cn2nc(Cc3ccccc3)n(C)c2=S)cc1. The second-order valence-electron chi connectivity index (χ2n) is 6.82. The minimum atomic E-state index is 0.516. The van der Waals surface area contributed by atoms with E-state index in [0.717, 1.165) is 29.3 Å². The van der Waals surface area contributed by atoms with Crippen LogP contribution in [0.5, 0.6) is 5.75 Å². The van der Waals surface area contributed by atoms with Gasteiger partial charge in [-0.25, -0.2) is 4.68 Å². The Balaban J connectivity index is 1.63. The van der Waals surface area contributed by atoms with Gasteiger partial charge in [-0.3, -0.25) is 4.90 Å². The zero-order valence-electron chi connectivity index (χ0n) is 16.4. The van der Waals surface area contributed by atoms with E-state index in [9.17, 15) is 0 Å². The fraction of sp³-hybridized carbons (Fsp3) is 0.273. The average molecular weight is 395 g/mol. The third-order valence-corrected chi connectivity index (χ3v) is 4.94. The maximum atomic E-state index is 5.58. The Morgan fingerprint density at radius 2 is 1.82 bits per heavy atom. The lowest BCUT2D eigenvalue weighted by atomic mass is 10.1. The quantitative estimate of drug-likeness (QED) is 0.403. The third-order valence-electron chi connectivity index (χ3n) is 4.46. The van der Waals surface area contributed by atoms with Crippen LogP contribution < -0.4 is 4.74 Å². The van der Waals surface area contributed by atoms with Crippen LogP contribution in [0, 0.1) is 4.77 Å². The smallest absolute Gasteiger partial charge is 0.198 e. The van der Waals surface area contributed by atoms with Crippen molar-refractivity contribution in [3.8, 4) is 5.75 Å². The van der Waals surface area contributed by atoms with Crippen LogP contribution in [0.4, 0.5) is 0 Å². The lowest BCUT2D eigenvalue weighted by Gasteiger charge is -2.16. The molecule has 0 bridgehead atoms. The molecule has 1 heterocycles. The average Bonchev–Trinajstić information content (AvgIpc) is 2.96. The molecule has 2 aromatic carbocycles. The van der Waals surface area contributed by atoms with E-state index in [1.807, 2.05) is 46.6 Å². The third kappa shape index (κ3) is 5.18. The Hall–Kier alpha value is -2.70. The van der Waals surface area contributed by atoms with Crippen LogP contribution in [0.2, 0.25) is 0 Å². The van der Waals surface area contributed by atoms with E-state index in [0.29, 0.717) is 13.3 Å². The number of aromatic nitrogens is 3. The van der Waals surface area contributed by atoms with Gasteiger partial charge < -0.3 is 9.30 Å². The summed E-state index contributed by atoms with van der Waals surface area (Å²) >= 11 is 5.58. The normalized spacial score (nSPS) is 11.0. The molecule has 0 unspecified atom stereocenters. The van der Waals surface area contributed by atoms with Gasteiger partial charge in [0.1, 0.15) is 18.2 Å². The predicted octanol–water partition coefficient (Wildman–Crippen LogP) is 4.20. The molecular weight excluding hydrogens is 368 g/mol. The van der Waals surface area contributed by atoms with Crippen LogP contribution in [-0.2, 0) is 26.7 Å². The highest BCUT2D eigenvalue weighted by atomic mass is 32.1. The fourth-order valence-corrected chi connectivity index (χ4v) is 3.20. The van der Waals surface area contributed by atoms with Gasteiger partial charge >= 0.3 is 0 Å². The first-order chi connectivity index (χ1) is 13.6. The molecule has 0 aliphatic carbocycles. The molecule has 146 valence electrons. The number of nitrogens with zero attached hydrogens (tertiary/aromatic N) is 4. The molecule has 0 spiro atoms. The molecule has 28 heavy (non-hydrogen) atoms. The molecule has 0 aliphatic heterocycles. The molecule has 0 N–H and O–H groups in total. The van der Waals surface area contributed by atoms with E-state index >= 15 is 0 Å². The van der Waals surface area contributed by atoms with Crippen molar-refractivity contribution in [2.75, 3.05) is 13.7 Å². The summed E-state index contributed by atoms with van der Waals surface area (Å²) in [6.45, 7) is 5.61. The second-order valence-corrected chi connectivity index (χ2v) is 7.18. The number of hydrogen-bond acceptors (Lipinski definition) is 4. The zero-order valence-corrected chi connectivity index (χ0v) is 17.2. The lowest BCUT2D eigenvalue weighted by molar-refractivity contribution is 0.243. The number of hydrogen-bond donors (Lipinski definition) is 0. The summed E-state index contributed by atoms with van der Waals surface area (Å²) in [5.41, 5.74) is 2.44. The summed E-state index contributed by atoms with van der Waals surface area (Å²) in [5.74, 6) is 1.82. The molecular formula is C22H26N4OS. The molecule has 0 saturated carbocycles. The molecule has 5 nitrogen and oxygen atoms in total. The van der Waals surface area contributed by atoms with Gasteiger partial charge in [0.15, 0.2) is 4.77 Å². The van der Waals surface area contributed by atoms with Crippen molar-refractivity contribution >= 4 is 12.2 Å². The van der Waals surface area contributed by atoms with Gasteiger partial charge in [-0.2, -0.15) is 5.10 Å². The zero-order chi connectivity index (χ0) is 19.9. The molecule has 1 aromatic heterocycles. The highest BCUT2D eigenvalue weighted by molar-refractivity contribution is 7.71. The summed E-state index contributed by atoms with van der Waals surface area (Å²) < 4.78 is 10.1. The Morgan fingerprint density at radius 1 is 1.11 bits per heavy atom. The van der Waals surface area contributed by atoms with Gasteiger partial charge in [0.25, 0.3) is 0 Å². The van der Waals surface area contributed by atoms with Crippen LogP contribution in [0.15, 0.2) is 67.3 Å². The van der Waals surface area contributed by atoms with E-state index in [-0.39, 0.29) is 0 Å². The number of benzene rings is 2. The topological polar surface area (TPSA) is 35.2 Å². The molecule has 3 rings (SSSR count). The molecule has 0 radical (unpaired) electrons. The Kier molecular flexibility index (Phi) is 6.79. The standard InChI is InChI=1S/C22H26N4OS/c1-4-14-27-20-12-10-19(11-13-20)16-24(2)17-26-22(28)25(3)21(23-26)15-18-8-6-5-7-9-18/h4-13H,1,14-17H2,2-3H3. The highest BCUT2D eigenvalue weighted by Crippen LogP contribution is 2.14. The first-order valence-electron chi connectivity index (χ1n) is 9.24. The van der Waals surface area contributed by atoms with Gasteiger partial charge in [0.05, 0.1) is 6.67 Å². The molecule has 0 aliphatic rings. The predicted molar refractivity (Wildman–Crippen MR) is 115 cm³/mol. The maximum Gasteiger partial charge on any atom is 0.198 e. The van der Waals surface area contributed by atoms with Crippen LogP contribution in [0.3, 0.4) is 0 Å². The highest BCUT2D eigenvalue weighted by Gasteiger charge is 2.10. The van der Waals surface area contributed by atoms with Gasteiger partial charge in [-0.15, -0.1) is 0 Å². The molecule has 0 fully saturated rings. The Morgan fingerprint density at radius 3 is 2.50 bits per heavy atom. The minimum absolute atomic E-state index is 0.516. The van der Waals surface area contributed by atoms with Crippen molar-refractivity contribution in [1.82, 2.24) is 19.2 Å².